The maximum absolute atomic E-state index is 12.0. The van der Waals surface area contributed by atoms with Crippen LogP contribution in [0.25, 0.3) is 0 Å². The molecule has 0 fully saturated rings. The van der Waals surface area contributed by atoms with Gasteiger partial charge in [-0.1, -0.05) is 20.8 Å². The Bertz CT molecular complexity index is 593. The molecule has 4 nitrogen and oxygen atoms in total. The Morgan fingerprint density at radius 3 is 2.00 bits per heavy atom. The number of carbonyl (C=O) groups is 1. The highest BCUT2D eigenvalue weighted by atomic mass is 32.2. The van der Waals surface area contributed by atoms with Crippen LogP contribution < -0.4 is 0 Å². The normalized spacial score (nSPS) is 14.1. The smallest absolute Gasteiger partial charge is 0.175 e. The molecule has 1 rings (SSSR count). The SMILES string of the molecule is CC(C)(C)C(=O)CS(=O)c1ccc(S(C)(=O)=O)cc1. The average molecular weight is 302 g/mol. The predicted octanol–water partition coefficient (Wildman–Crippen LogP) is 1.81. The summed E-state index contributed by atoms with van der Waals surface area (Å²) in [6.45, 7) is 5.33. The minimum absolute atomic E-state index is 0.0538. The molecule has 0 aliphatic carbocycles. The van der Waals surface area contributed by atoms with E-state index in [1.807, 2.05) is 0 Å². The van der Waals surface area contributed by atoms with Crippen LogP contribution in [0.1, 0.15) is 20.8 Å². The van der Waals surface area contributed by atoms with Gasteiger partial charge in [0.1, 0.15) is 0 Å². The molecule has 6 heteroatoms. The van der Waals surface area contributed by atoms with Gasteiger partial charge in [0.2, 0.25) is 0 Å². The Hall–Kier alpha value is -1.01. The van der Waals surface area contributed by atoms with Crippen molar-refractivity contribution < 1.29 is 17.4 Å². The van der Waals surface area contributed by atoms with Crippen LogP contribution in [0, 0.1) is 5.41 Å². The monoisotopic (exact) mass is 302 g/mol. The minimum Gasteiger partial charge on any atom is -0.298 e. The topological polar surface area (TPSA) is 68.3 Å². The lowest BCUT2D eigenvalue weighted by Crippen LogP contribution is -2.25. The van der Waals surface area contributed by atoms with E-state index in [1.165, 1.54) is 24.3 Å². The highest BCUT2D eigenvalue weighted by Crippen LogP contribution is 2.18. The van der Waals surface area contributed by atoms with E-state index in [2.05, 4.69) is 0 Å². The Kier molecular flexibility index (Phi) is 4.68. The van der Waals surface area contributed by atoms with Gasteiger partial charge in [0.15, 0.2) is 15.6 Å². The molecule has 0 spiro atoms. The van der Waals surface area contributed by atoms with E-state index in [9.17, 15) is 17.4 Å². The zero-order valence-corrected chi connectivity index (χ0v) is 13.1. The summed E-state index contributed by atoms with van der Waals surface area (Å²) in [5.41, 5.74) is -0.525. The molecule has 0 heterocycles. The molecule has 1 aromatic rings. The van der Waals surface area contributed by atoms with E-state index in [0.717, 1.165) is 6.26 Å². The van der Waals surface area contributed by atoms with Crippen molar-refractivity contribution in [2.45, 2.75) is 30.6 Å². The number of carbonyl (C=O) groups excluding carboxylic acids is 1. The quantitative estimate of drug-likeness (QED) is 0.850. The van der Waals surface area contributed by atoms with Crippen LogP contribution in [0.3, 0.4) is 0 Å². The Labute approximate surface area is 116 Å². The van der Waals surface area contributed by atoms with Crippen LogP contribution in [0.4, 0.5) is 0 Å². The van der Waals surface area contributed by atoms with Crippen molar-refractivity contribution in [1.82, 2.24) is 0 Å². The second-order valence-corrected chi connectivity index (χ2v) is 8.87. The third kappa shape index (κ3) is 4.54. The predicted molar refractivity (Wildman–Crippen MR) is 75.3 cm³/mol. The zero-order chi connectivity index (χ0) is 14.8. The first-order chi connectivity index (χ1) is 8.51. The van der Waals surface area contributed by atoms with Gasteiger partial charge in [-0.05, 0) is 24.3 Å². The molecule has 1 aromatic carbocycles. The molecule has 0 N–H and O–H groups in total. The number of benzene rings is 1. The van der Waals surface area contributed by atoms with Gasteiger partial charge in [-0.15, -0.1) is 0 Å². The van der Waals surface area contributed by atoms with Crippen molar-refractivity contribution >= 4 is 26.4 Å². The van der Waals surface area contributed by atoms with Crippen LogP contribution in [0.5, 0.6) is 0 Å². The standard InChI is InChI=1S/C13H18O4S2/c1-13(2,3)12(14)9-18(15)10-5-7-11(8-6-10)19(4,16)17/h5-8H,9H2,1-4H3. The summed E-state index contributed by atoms with van der Waals surface area (Å²) in [6.07, 6.45) is 1.11. The van der Waals surface area contributed by atoms with E-state index in [1.54, 1.807) is 20.8 Å². The molecule has 1 unspecified atom stereocenters. The molecule has 106 valence electrons. The first kappa shape index (κ1) is 16.0. The van der Waals surface area contributed by atoms with Crippen LogP contribution >= 0.6 is 0 Å². The first-order valence-electron chi connectivity index (χ1n) is 5.73. The van der Waals surface area contributed by atoms with E-state index < -0.39 is 26.1 Å². The summed E-state index contributed by atoms with van der Waals surface area (Å²) < 4.78 is 34.6. The summed E-state index contributed by atoms with van der Waals surface area (Å²) >= 11 is 0. The van der Waals surface area contributed by atoms with E-state index in [-0.39, 0.29) is 16.4 Å². The van der Waals surface area contributed by atoms with Crippen molar-refractivity contribution in [2.24, 2.45) is 5.41 Å². The third-order valence-electron chi connectivity index (χ3n) is 2.61. The van der Waals surface area contributed by atoms with Crippen molar-refractivity contribution in [3.63, 3.8) is 0 Å². The molecule has 1 atom stereocenters. The fourth-order valence-electron chi connectivity index (χ4n) is 1.26. The van der Waals surface area contributed by atoms with Gasteiger partial charge in [0.25, 0.3) is 0 Å². The number of hydrogen-bond donors (Lipinski definition) is 0. The van der Waals surface area contributed by atoms with Gasteiger partial charge in [-0.3, -0.25) is 9.00 Å². The average Bonchev–Trinajstić information content (AvgIpc) is 2.26. The molecular formula is C13H18O4S2. The lowest BCUT2D eigenvalue weighted by Gasteiger charge is -2.15. The zero-order valence-electron chi connectivity index (χ0n) is 11.5. The fourth-order valence-corrected chi connectivity index (χ4v) is 3.17. The van der Waals surface area contributed by atoms with Crippen LogP contribution in [0.15, 0.2) is 34.1 Å². The molecule has 0 radical (unpaired) electrons. The number of rotatable bonds is 4. The molecule has 19 heavy (non-hydrogen) atoms. The second-order valence-electron chi connectivity index (χ2n) is 5.41. The molecular weight excluding hydrogens is 284 g/mol. The van der Waals surface area contributed by atoms with Gasteiger partial charge < -0.3 is 0 Å². The summed E-state index contributed by atoms with van der Waals surface area (Å²) in [5.74, 6) is -0.139. The first-order valence-corrected chi connectivity index (χ1v) is 8.94. The fraction of sp³-hybridized carbons (Fsp3) is 0.462. The number of ketones is 1. The largest absolute Gasteiger partial charge is 0.298 e. The Morgan fingerprint density at radius 2 is 1.63 bits per heavy atom. The van der Waals surface area contributed by atoms with Crippen molar-refractivity contribution in [2.75, 3.05) is 12.0 Å². The lowest BCUT2D eigenvalue weighted by atomic mass is 9.92. The van der Waals surface area contributed by atoms with E-state index >= 15 is 0 Å². The van der Waals surface area contributed by atoms with Crippen molar-refractivity contribution in [1.29, 1.82) is 0 Å². The van der Waals surface area contributed by atoms with E-state index in [4.69, 9.17) is 0 Å². The maximum atomic E-state index is 12.0. The molecule has 0 saturated carbocycles. The van der Waals surface area contributed by atoms with Gasteiger partial charge in [-0.2, -0.15) is 0 Å². The van der Waals surface area contributed by atoms with Gasteiger partial charge in [0, 0.05) is 16.6 Å². The van der Waals surface area contributed by atoms with Gasteiger partial charge in [-0.25, -0.2) is 8.42 Å². The summed E-state index contributed by atoms with van der Waals surface area (Å²) in [6, 6.07) is 5.79. The number of Topliss-reactive ketones (excluding diaryl/α,β-unsaturated/α-hetero) is 1. The van der Waals surface area contributed by atoms with Gasteiger partial charge in [0.05, 0.1) is 21.4 Å². The summed E-state index contributed by atoms with van der Waals surface area (Å²) in [4.78, 5) is 12.4. The summed E-state index contributed by atoms with van der Waals surface area (Å²) in [5, 5.41) is 0. The molecule has 0 aromatic heterocycles. The Morgan fingerprint density at radius 1 is 1.16 bits per heavy atom. The van der Waals surface area contributed by atoms with Crippen LogP contribution in [-0.4, -0.2) is 30.4 Å². The van der Waals surface area contributed by atoms with Crippen LogP contribution in [0.2, 0.25) is 0 Å². The third-order valence-corrected chi connectivity index (χ3v) is 5.06. The maximum Gasteiger partial charge on any atom is 0.175 e. The van der Waals surface area contributed by atoms with E-state index in [0.29, 0.717) is 4.90 Å². The molecule has 0 aliphatic heterocycles. The Balaban J connectivity index is 2.88. The highest BCUT2D eigenvalue weighted by Gasteiger charge is 2.23. The molecule has 0 amide bonds. The summed E-state index contributed by atoms with van der Waals surface area (Å²) in [7, 11) is -4.70. The minimum atomic E-state index is -3.26. The molecule has 0 aliphatic rings. The van der Waals surface area contributed by atoms with Crippen molar-refractivity contribution in [3.8, 4) is 0 Å². The second kappa shape index (κ2) is 5.54. The number of hydrogen-bond acceptors (Lipinski definition) is 4. The lowest BCUT2D eigenvalue weighted by molar-refractivity contribution is -0.123. The van der Waals surface area contributed by atoms with Gasteiger partial charge >= 0.3 is 0 Å². The molecule has 0 saturated heterocycles. The molecule has 0 bridgehead atoms. The van der Waals surface area contributed by atoms with Crippen molar-refractivity contribution in [3.05, 3.63) is 24.3 Å². The number of sulfone groups is 1. The highest BCUT2D eigenvalue weighted by molar-refractivity contribution is 7.90. The van der Waals surface area contributed by atoms with Crippen LogP contribution in [-0.2, 0) is 25.4 Å².